The van der Waals surface area contributed by atoms with Crippen molar-refractivity contribution in [2.24, 2.45) is 0 Å². The first-order chi connectivity index (χ1) is 14.6. The largest absolute Gasteiger partial charge is 0.461 e. The van der Waals surface area contributed by atoms with Crippen molar-refractivity contribution in [3.05, 3.63) is 46.4 Å². The average Bonchev–Trinajstić information content (AvgIpc) is 3.41. The monoisotopic (exact) mass is 445 g/mol. The molecule has 12 heteroatoms. The van der Waals surface area contributed by atoms with E-state index in [4.69, 9.17) is 33.4 Å². The summed E-state index contributed by atoms with van der Waals surface area (Å²) >= 11 is 12.5. The van der Waals surface area contributed by atoms with Crippen molar-refractivity contribution in [2.75, 3.05) is 36.8 Å². The zero-order valence-corrected chi connectivity index (χ0v) is 17.3. The second-order valence-electron chi connectivity index (χ2n) is 6.83. The van der Waals surface area contributed by atoms with Crippen molar-refractivity contribution in [1.82, 2.24) is 34.4 Å². The fourth-order valence-corrected chi connectivity index (χ4v) is 3.83. The van der Waals surface area contributed by atoms with E-state index in [1.807, 2.05) is 0 Å². The van der Waals surface area contributed by atoms with Gasteiger partial charge in [0.25, 0.3) is 5.78 Å². The number of fused-ring (bicyclic) bond motifs is 1. The van der Waals surface area contributed by atoms with Crippen LogP contribution in [0.1, 0.15) is 5.56 Å². The van der Waals surface area contributed by atoms with Crippen LogP contribution >= 0.6 is 23.2 Å². The van der Waals surface area contributed by atoms with Crippen molar-refractivity contribution in [1.29, 1.82) is 0 Å². The number of nitrogens with zero attached hydrogens (tertiary/aromatic N) is 8. The fraction of sp³-hybridized carbons (Fsp3) is 0.278. The highest BCUT2D eigenvalue weighted by Crippen LogP contribution is 2.25. The lowest BCUT2D eigenvalue weighted by atomic mass is 10.2. The van der Waals surface area contributed by atoms with Crippen LogP contribution in [0.25, 0.3) is 17.4 Å². The summed E-state index contributed by atoms with van der Waals surface area (Å²) in [5.74, 6) is 2.07. The van der Waals surface area contributed by atoms with Gasteiger partial charge in [0.2, 0.25) is 17.7 Å². The minimum atomic E-state index is 0.219. The zero-order valence-electron chi connectivity index (χ0n) is 15.7. The molecule has 1 aliphatic rings. The molecule has 0 atom stereocenters. The van der Waals surface area contributed by atoms with Crippen molar-refractivity contribution < 1.29 is 4.42 Å². The van der Waals surface area contributed by atoms with Crippen LogP contribution in [0.4, 0.5) is 11.9 Å². The normalized spacial score (nSPS) is 15.2. The van der Waals surface area contributed by atoms with Crippen LogP contribution in [0.15, 0.2) is 35.1 Å². The highest BCUT2D eigenvalue weighted by atomic mass is 35.5. The number of aromatic nitrogens is 6. The van der Waals surface area contributed by atoms with E-state index in [1.54, 1.807) is 30.7 Å². The predicted molar refractivity (Wildman–Crippen MR) is 112 cm³/mol. The smallest absolute Gasteiger partial charge is 0.259 e. The van der Waals surface area contributed by atoms with Gasteiger partial charge in [-0.05, 0) is 18.2 Å². The van der Waals surface area contributed by atoms with Gasteiger partial charge in [0, 0.05) is 49.5 Å². The Bertz CT molecular complexity index is 1170. The summed E-state index contributed by atoms with van der Waals surface area (Å²) in [6.45, 7) is 3.67. The van der Waals surface area contributed by atoms with Gasteiger partial charge >= 0.3 is 0 Å². The van der Waals surface area contributed by atoms with Gasteiger partial charge < -0.3 is 15.1 Å². The Morgan fingerprint density at radius 2 is 1.90 bits per heavy atom. The molecule has 4 aromatic rings. The fourth-order valence-electron chi connectivity index (χ4n) is 3.36. The van der Waals surface area contributed by atoms with Gasteiger partial charge in [-0.3, -0.25) is 4.90 Å². The van der Waals surface area contributed by atoms with Crippen LogP contribution in [0.3, 0.4) is 0 Å². The Morgan fingerprint density at radius 1 is 1.07 bits per heavy atom. The summed E-state index contributed by atoms with van der Waals surface area (Å²) in [5.41, 5.74) is 6.94. The third-order valence-electron chi connectivity index (χ3n) is 4.95. The van der Waals surface area contributed by atoms with Gasteiger partial charge in [-0.15, -0.1) is 5.10 Å². The van der Waals surface area contributed by atoms with Crippen LogP contribution in [0.5, 0.6) is 0 Å². The van der Waals surface area contributed by atoms with Gasteiger partial charge in [0.05, 0.1) is 6.26 Å². The number of hydrogen-bond acceptors (Lipinski definition) is 9. The van der Waals surface area contributed by atoms with Crippen molar-refractivity contribution >= 4 is 40.9 Å². The van der Waals surface area contributed by atoms with Crippen molar-refractivity contribution in [2.45, 2.75) is 6.54 Å². The number of nitrogens with two attached hydrogens (primary N) is 1. The first-order valence-electron chi connectivity index (χ1n) is 9.29. The molecule has 0 unspecified atom stereocenters. The van der Waals surface area contributed by atoms with Crippen LogP contribution in [-0.2, 0) is 6.54 Å². The number of rotatable bonds is 4. The summed E-state index contributed by atoms with van der Waals surface area (Å²) in [7, 11) is 0. The van der Waals surface area contributed by atoms with Gasteiger partial charge in [0.15, 0.2) is 5.76 Å². The summed E-state index contributed by atoms with van der Waals surface area (Å²) in [5, 5.41) is 5.38. The Kier molecular flexibility index (Phi) is 4.89. The molecule has 30 heavy (non-hydrogen) atoms. The summed E-state index contributed by atoms with van der Waals surface area (Å²) in [6.07, 6.45) is 3.17. The molecule has 0 bridgehead atoms. The molecular weight excluding hydrogens is 429 g/mol. The van der Waals surface area contributed by atoms with Gasteiger partial charge in [0.1, 0.15) is 5.15 Å². The molecule has 5 rings (SSSR count). The predicted octanol–water partition coefficient (Wildman–Crippen LogP) is 2.39. The number of nitrogen functional groups attached to an aromatic ring is 1. The molecule has 0 saturated carbocycles. The molecule has 4 aromatic heterocycles. The average molecular weight is 446 g/mol. The highest BCUT2D eigenvalue weighted by molar-refractivity contribution is 6.35. The van der Waals surface area contributed by atoms with Crippen LogP contribution < -0.4 is 10.6 Å². The molecule has 0 radical (unpaired) electrons. The number of piperazine rings is 1. The first-order valence-corrected chi connectivity index (χ1v) is 10.0. The lowest BCUT2D eigenvalue weighted by Gasteiger charge is -2.34. The molecule has 1 aliphatic heterocycles. The summed E-state index contributed by atoms with van der Waals surface area (Å²) in [4.78, 5) is 21.8. The van der Waals surface area contributed by atoms with Crippen molar-refractivity contribution in [3.63, 3.8) is 0 Å². The van der Waals surface area contributed by atoms with E-state index < -0.39 is 0 Å². The second kappa shape index (κ2) is 7.71. The van der Waals surface area contributed by atoms with E-state index in [9.17, 15) is 0 Å². The maximum absolute atomic E-state index is 6.27. The number of pyridine rings is 1. The molecule has 5 heterocycles. The lowest BCUT2D eigenvalue weighted by Crippen LogP contribution is -2.46. The first kappa shape index (κ1) is 19.0. The topological polar surface area (TPSA) is 114 Å². The minimum Gasteiger partial charge on any atom is -0.461 e. The molecule has 154 valence electrons. The van der Waals surface area contributed by atoms with E-state index in [1.165, 1.54) is 4.52 Å². The Balaban J connectivity index is 1.32. The van der Waals surface area contributed by atoms with E-state index in [0.717, 1.165) is 31.7 Å². The van der Waals surface area contributed by atoms with Gasteiger partial charge in [-0.2, -0.15) is 19.5 Å². The molecule has 0 amide bonds. The SMILES string of the molecule is Nc1nc(N2CCN(Cc3c(Cl)ccnc3Cl)CC2)nc2nc(-c3ccco3)nn12. The van der Waals surface area contributed by atoms with Crippen LogP contribution in [0, 0.1) is 0 Å². The quantitative estimate of drug-likeness (QED) is 0.472. The van der Waals surface area contributed by atoms with Gasteiger partial charge in [-0.25, -0.2) is 4.98 Å². The number of furan rings is 1. The maximum Gasteiger partial charge on any atom is 0.259 e. The molecule has 1 fully saturated rings. The maximum atomic E-state index is 6.27. The minimum absolute atomic E-state index is 0.219. The molecule has 10 nitrogen and oxygen atoms in total. The van der Waals surface area contributed by atoms with E-state index in [0.29, 0.717) is 40.0 Å². The molecule has 2 N–H and O–H groups in total. The molecular formula is C18H17Cl2N9O. The van der Waals surface area contributed by atoms with Crippen LogP contribution in [0.2, 0.25) is 10.2 Å². The van der Waals surface area contributed by atoms with E-state index >= 15 is 0 Å². The summed E-state index contributed by atoms with van der Waals surface area (Å²) in [6, 6.07) is 5.30. The second-order valence-corrected chi connectivity index (χ2v) is 7.60. The lowest BCUT2D eigenvalue weighted by molar-refractivity contribution is 0.248. The molecule has 0 aromatic carbocycles. The Labute approximate surface area is 181 Å². The molecule has 0 aliphatic carbocycles. The highest BCUT2D eigenvalue weighted by Gasteiger charge is 2.23. The standard InChI is InChI=1S/C18H17Cl2N9O/c19-12-3-4-22-14(20)11(12)10-27-5-7-28(8-6-27)17-24-16(21)29-18(25-17)23-15(26-29)13-2-1-9-30-13/h1-4,9H,5-8,10H2,(H2,21,23,24,25,26). The third kappa shape index (κ3) is 3.53. The van der Waals surface area contributed by atoms with E-state index in [2.05, 4.69) is 34.8 Å². The van der Waals surface area contributed by atoms with Crippen LogP contribution in [-0.4, -0.2) is 60.6 Å². The molecule has 0 spiro atoms. The van der Waals surface area contributed by atoms with E-state index in [-0.39, 0.29) is 5.95 Å². The third-order valence-corrected chi connectivity index (χ3v) is 5.63. The van der Waals surface area contributed by atoms with Gasteiger partial charge in [-0.1, -0.05) is 23.2 Å². The Morgan fingerprint density at radius 3 is 2.63 bits per heavy atom. The number of halogens is 2. The number of hydrogen-bond donors (Lipinski definition) is 1. The Hall–Kier alpha value is -2.95. The van der Waals surface area contributed by atoms with Crippen molar-refractivity contribution in [3.8, 4) is 11.6 Å². The number of anilines is 2. The zero-order chi connectivity index (χ0) is 20.7. The molecule has 1 saturated heterocycles. The summed E-state index contributed by atoms with van der Waals surface area (Å²) < 4.78 is 6.75.